The van der Waals surface area contributed by atoms with Gasteiger partial charge < -0.3 is 19.9 Å². The van der Waals surface area contributed by atoms with E-state index in [1.54, 1.807) is 19.1 Å². The average Bonchev–Trinajstić information content (AvgIpc) is 3.56. The molecule has 2 amide bonds. The van der Waals surface area contributed by atoms with Gasteiger partial charge in [-0.15, -0.1) is 0 Å². The highest BCUT2D eigenvalue weighted by Crippen LogP contribution is 2.31. The van der Waals surface area contributed by atoms with Crippen LogP contribution in [0.2, 0.25) is 0 Å². The first-order valence-electron chi connectivity index (χ1n) is 11.1. The molecular weight excluding hydrogens is 385 g/mol. The number of morpholine rings is 1. The van der Waals surface area contributed by atoms with Crippen LogP contribution in [0, 0.1) is 24.6 Å². The molecule has 1 atom stereocenters. The predicted octanol–water partition coefficient (Wildman–Crippen LogP) is 2.21. The number of aryl methyl sites for hydroxylation is 1. The van der Waals surface area contributed by atoms with Crippen LogP contribution < -0.4 is 5.32 Å². The molecule has 1 aromatic rings. The molecule has 4 rings (SSSR count). The maximum atomic E-state index is 13.7. The molecule has 3 aliphatic rings. The van der Waals surface area contributed by atoms with E-state index in [0.717, 1.165) is 38.4 Å². The Morgan fingerprint density at radius 2 is 1.90 bits per heavy atom. The molecule has 6 nitrogen and oxygen atoms in total. The van der Waals surface area contributed by atoms with Gasteiger partial charge in [0, 0.05) is 31.7 Å². The van der Waals surface area contributed by atoms with Crippen molar-refractivity contribution in [1.29, 1.82) is 0 Å². The van der Waals surface area contributed by atoms with Gasteiger partial charge in [0.1, 0.15) is 12.4 Å². The Hall–Kier alpha value is -1.99. The van der Waals surface area contributed by atoms with E-state index in [1.165, 1.54) is 25.5 Å². The molecule has 0 aromatic heterocycles. The Bertz CT molecular complexity index is 775. The highest BCUT2D eigenvalue weighted by atomic mass is 19.1. The highest BCUT2D eigenvalue weighted by Gasteiger charge is 2.31. The summed E-state index contributed by atoms with van der Waals surface area (Å²) in [6.07, 6.45) is 4.81. The number of nitrogens with zero attached hydrogens (tertiary/aromatic N) is 2. The first kappa shape index (κ1) is 21.2. The van der Waals surface area contributed by atoms with Gasteiger partial charge in [-0.05, 0) is 75.2 Å². The summed E-state index contributed by atoms with van der Waals surface area (Å²) >= 11 is 0. The van der Waals surface area contributed by atoms with Gasteiger partial charge in [0.25, 0.3) is 5.91 Å². The minimum Gasteiger partial charge on any atom is -0.365 e. The molecule has 3 fully saturated rings. The molecule has 2 heterocycles. The molecule has 1 aliphatic carbocycles. The second kappa shape index (κ2) is 9.43. The fourth-order valence-electron chi connectivity index (χ4n) is 4.35. The molecule has 1 aromatic carbocycles. The molecule has 164 valence electrons. The van der Waals surface area contributed by atoms with Crippen LogP contribution in [0.3, 0.4) is 0 Å². The number of hydrogen-bond donors (Lipinski definition) is 1. The van der Waals surface area contributed by atoms with Crippen molar-refractivity contribution in [2.24, 2.45) is 11.8 Å². The van der Waals surface area contributed by atoms with Crippen molar-refractivity contribution >= 4 is 11.8 Å². The first-order valence-corrected chi connectivity index (χ1v) is 11.1. The van der Waals surface area contributed by atoms with Crippen LogP contribution in [0.1, 0.15) is 41.6 Å². The van der Waals surface area contributed by atoms with Crippen LogP contribution in [0.5, 0.6) is 0 Å². The van der Waals surface area contributed by atoms with Gasteiger partial charge in [-0.3, -0.25) is 9.59 Å². The molecule has 1 saturated carbocycles. The number of rotatable bonds is 7. The predicted molar refractivity (Wildman–Crippen MR) is 112 cm³/mol. The maximum absolute atomic E-state index is 13.7. The van der Waals surface area contributed by atoms with Gasteiger partial charge in [-0.2, -0.15) is 0 Å². The minimum absolute atomic E-state index is 0.0265. The van der Waals surface area contributed by atoms with Crippen molar-refractivity contribution in [3.63, 3.8) is 0 Å². The maximum Gasteiger partial charge on any atom is 0.251 e. The number of ether oxygens (including phenoxy) is 1. The van der Waals surface area contributed by atoms with E-state index < -0.39 is 5.82 Å². The second-order valence-corrected chi connectivity index (χ2v) is 9.09. The van der Waals surface area contributed by atoms with Crippen LogP contribution in [0.15, 0.2) is 18.2 Å². The summed E-state index contributed by atoms with van der Waals surface area (Å²) in [5, 5.41) is 2.81. The molecule has 2 aliphatic heterocycles. The summed E-state index contributed by atoms with van der Waals surface area (Å²) in [6.45, 7) is 6.79. The van der Waals surface area contributed by atoms with Crippen LogP contribution in [-0.4, -0.2) is 73.6 Å². The summed E-state index contributed by atoms with van der Waals surface area (Å²) < 4.78 is 19.3. The zero-order valence-electron chi connectivity index (χ0n) is 17.7. The number of amides is 2. The highest BCUT2D eigenvalue weighted by molar-refractivity contribution is 5.94. The lowest BCUT2D eigenvalue weighted by Crippen LogP contribution is -2.52. The molecular formula is C23H32FN3O3. The molecule has 7 heteroatoms. The number of benzene rings is 1. The van der Waals surface area contributed by atoms with Crippen molar-refractivity contribution in [3.05, 3.63) is 35.1 Å². The van der Waals surface area contributed by atoms with E-state index in [2.05, 4.69) is 10.2 Å². The van der Waals surface area contributed by atoms with Crippen molar-refractivity contribution in [2.75, 3.05) is 45.9 Å². The third-order valence-electron chi connectivity index (χ3n) is 6.54. The quantitative estimate of drug-likeness (QED) is 0.739. The van der Waals surface area contributed by atoms with Gasteiger partial charge in [0.2, 0.25) is 5.91 Å². The van der Waals surface area contributed by atoms with E-state index in [1.807, 2.05) is 4.90 Å². The summed E-state index contributed by atoms with van der Waals surface area (Å²) in [7, 11) is 0. The fraction of sp³-hybridized carbons (Fsp3) is 0.652. The van der Waals surface area contributed by atoms with Crippen LogP contribution in [0.25, 0.3) is 0 Å². The summed E-state index contributed by atoms with van der Waals surface area (Å²) in [5.74, 6) is 0.766. The molecule has 0 bridgehead atoms. The van der Waals surface area contributed by atoms with Gasteiger partial charge in [0.05, 0.1) is 6.10 Å². The Balaban J connectivity index is 1.22. The summed E-state index contributed by atoms with van der Waals surface area (Å²) in [6, 6.07) is 4.45. The molecule has 2 saturated heterocycles. The largest absolute Gasteiger partial charge is 0.365 e. The van der Waals surface area contributed by atoms with Gasteiger partial charge in [-0.1, -0.05) is 6.07 Å². The molecule has 1 N–H and O–H groups in total. The van der Waals surface area contributed by atoms with E-state index in [0.29, 0.717) is 30.1 Å². The van der Waals surface area contributed by atoms with Crippen LogP contribution in [-0.2, 0) is 9.53 Å². The smallest absolute Gasteiger partial charge is 0.251 e. The van der Waals surface area contributed by atoms with E-state index in [4.69, 9.17) is 4.74 Å². The van der Waals surface area contributed by atoms with Gasteiger partial charge in [0.15, 0.2) is 0 Å². The fourth-order valence-corrected chi connectivity index (χ4v) is 4.35. The first-order chi connectivity index (χ1) is 14.5. The zero-order valence-corrected chi connectivity index (χ0v) is 17.7. The number of nitrogens with one attached hydrogen (secondary N) is 1. The summed E-state index contributed by atoms with van der Waals surface area (Å²) in [5.41, 5.74) is 0.800. The van der Waals surface area contributed by atoms with Crippen molar-refractivity contribution in [1.82, 2.24) is 15.1 Å². The van der Waals surface area contributed by atoms with E-state index in [9.17, 15) is 14.0 Å². The normalized spacial score (nSPS) is 23.6. The van der Waals surface area contributed by atoms with Crippen LogP contribution >= 0.6 is 0 Å². The standard InChI is InChI=1S/C23H32FN3O3/c1-16-2-5-19(10-21(16)24)23(29)25-11-20-14-27(22(28)15-30-20)13-18-6-8-26(9-7-18)12-17-3-4-17/h2,5,10,17-18,20H,3-4,6-9,11-15H2,1H3,(H,25,29). The SMILES string of the molecule is Cc1ccc(C(=O)NCC2CN(CC3CCN(CC4CC4)CC3)C(=O)CO2)cc1F. The zero-order chi connectivity index (χ0) is 21.1. The number of likely N-dealkylation sites (tertiary alicyclic amines) is 1. The Kier molecular flexibility index (Phi) is 6.68. The van der Waals surface area contributed by atoms with Crippen LogP contribution in [0.4, 0.5) is 4.39 Å². The molecule has 0 radical (unpaired) electrons. The van der Waals surface area contributed by atoms with Crippen molar-refractivity contribution in [2.45, 2.75) is 38.7 Å². The molecule has 1 unspecified atom stereocenters. The topological polar surface area (TPSA) is 61.9 Å². The monoisotopic (exact) mass is 417 g/mol. The number of piperidine rings is 1. The van der Waals surface area contributed by atoms with Gasteiger partial charge in [-0.25, -0.2) is 4.39 Å². The van der Waals surface area contributed by atoms with E-state index in [-0.39, 0.29) is 24.5 Å². The third-order valence-corrected chi connectivity index (χ3v) is 6.54. The lowest BCUT2D eigenvalue weighted by molar-refractivity contribution is -0.149. The van der Waals surface area contributed by atoms with Crippen molar-refractivity contribution < 1.29 is 18.7 Å². The number of carbonyl (C=O) groups is 2. The number of hydrogen-bond acceptors (Lipinski definition) is 4. The van der Waals surface area contributed by atoms with E-state index >= 15 is 0 Å². The Morgan fingerprint density at radius 3 is 2.60 bits per heavy atom. The van der Waals surface area contributed by atoms with Crippen molar-refractivity contribution in [3.8, 4) is 0 Å². The summed E-state index contributed by atoms with van der Waals surface area (Å²) in [4.78, 5) is 29.1. The number of carbonyl (C=O) groups excluding carboxylic acids is 2. The lowest BCUT2D eigenvalue weighted by atomic mass is 9.95. The second-order valence-electron chi connectivity index (χ2n) is 9.09. The number of halogens is 1. The Labute approximate surface area is 177 Å². The average molecular weight is 418 g/mol. The molecule has 30 heavy (non-hydrogen) atoms. The lowest BCUT2D eigenvalue weighted by Gasteiger charge is -2.38. The molecule has 0 spiro atoms. The minimum atomic E-state index is -0.392. The Morgan fingerprint density at radius 1 is 1.17 bits per heavy atom. The van der Waals surface area contributed by atoms with Gasteiger partial charge >= 0.3 is 0 Å². The third kappa shape index (κ3) is 5.58.